The van der Waals surface area contributed by atoms with Gasteiger partial charge in [0.25, 0.3) is 0 Å². The molecule has 300 valence electrons. The highest BCUT2D eigenvalue weighted by molar-refractivity contribution is 5.77. The van der Waals surface area contributed by atoms with Crippen molar-refractivity contribution in [1.29, 1.82) is 0 Å². The first kappa shape index (κ1) is 49.3. The van der Waals surface area contributed by atoms with E-state index in [0.717, 1.165) is 70.6 Å². The second kappa shape index (κ2) is 39.5. The summed E-state index contributed by atoms with van der Waals surface area (Å²) in [5.74, 6) is -0.483. The molecule has 0 radical (unpaired) electrons. The predicted octanol–water partition coefficient (Wildman–Crippen LogP) is 12.4. The van der Waals surface area contributed by atoms with Gasteiger partial charge in [-0.1, -0.05) is 186 Å². The monoisotopic (exact) mass is 720 g/mol. The van der Waals surface area contributed by atoms with Gasteiger partial charge in [0.15, 0.2) is 0 Å². The first-order valence-corrected chi connectivity index (χ1v) is 22.1. The number of allylic oxidation sites excluding steroid dienone is 4. The lowest BCUT2D eigenvalue weighted by molar-refractivity contribution is -0.151. The molecule has 6 nitrogen and oxygen atoms in total. The minimum atomic E-state index is -0.781. The van der Waals surface area contributed by atoms with E-state index in [1.54, 1.807) is 0 Å². The highest BCUT2D eigenvalue weighted by Crippen LogP contribution is 2.17. The molecular weight excluding hydrogens is 634 g/mol. The van der Waals surface area contributed by atoms with Gasteiger partial charge >= 0.3 is 5.97 Å². The van der Waals surface area contributed by atoms with Crippen LogP contribution in [0.4, 0.5) is 0 Å². The molecule has 0 aromatic rings. The van der Waals surface area contributed by atoms with E-state index in [2.05, 4.69) is 50.4 Å². The fourth-order valence-electron chi connectivity index (χ4n) is 6.70. The van der Waals surface area contributed by atoms with Crippen LogP contribution in [-0.4, -0.2) is 46.9 Å². The van der Waals surface area contributed by atoms with E-state index in [0.29, 0.717) is 19.3 Å². The van der Waals surface area contributed by atoms with Crippen LogP contribution in [0.1, 0.15) is 226 Å². The van der Waals surface area contributed by atoms with Crippen LogP contribution in [0.2, 0.25) is 0 Å². The number of hydrogen-bond acceptors (Lipinski definition) is 5. The summed E-state index contributed by atoms with van der Waals surface area (Å²) >= 11 is 0. The number of ether oxygens (including phenoxy) is 1. The van der Waals surface area contributed by atoms with Crippen LogP contribution in [0.25, 0.3) is 0 Å². The van der Waals surface area contributed by atoms with Crippen molar-refractivity contribution >= 4 is 11.9 Å². The van der Waals surface area contributed by atoms with Gasteiger partial charge in [0, 0.05) is 6.42 Å². The highest BCUT2D eigenvalue weighted by atomic mass is 16.5. The fourth-order valence-corrected chi connectivity index (χ4v) is 6.70. The van der Waals surface area contributed by atoms with E-state index < -0.39 is 18.2 Å². The first-order valence-electron chi connectivity index (χ1n) is 22.1. The Morgan fingerprint density at radius 2 is 1.06 bits per heavy atom. The summed E-state index contributed by atoms with van der Waals surface area (Å²) in [5.41, 5.74) is 0. The lowest BCUT2D eigenvalue weighted by Crippen LogP contribution is -2.46. The molecule has 0 bridgehead atoms. The van der Waals surface area contributed by atoms with Crippen molar-refractivity contribution in [1.82, 2.24) is 5.32 Å². The summed E-state index contributed by atoms with van der Waals surface area (Å²) in [7, 11) is 0. The van der Waals surface area contributed by atoms with E-state index in [1.807, 2.05) is 0 Å². The molecule has 3 atom stereocenters. The average Bonchev–Trinajstić information content (AvgIpc) is 3.12. The van der Waals surface area contributed by atoms with Gasteiger partial charge in [-0.2, -0.15) is 0 Å². The molecule has 0 aliphatic rings. The Balaban J connectivity index is 4.45. The molecule has 3 unspecified atom stereocenters. The molecule has 0 aromatic heterocycles. The number of nitrogens with one attached hydrogen (secondary N) is 1. The number of aliphatic hydroxyl groups excluding tert-OH is 2. The van der Waals surface area contributed by atoms with Gasteiger partial charge in [-0.05, 0) is 51.4 Å². The van der Waals surface area contributed by atoms with E-state index in [1.165, 1.54) is 109 Å². The summed E-state index contributed by atoms with van der Waals surface area (Å²) in [5, 5.41) is 23.5. The molecule has 0 rings (SSSR count). The molecule has 1 amide bonds. The molecule has 0 saturated carbocycles. The summed E-state index contributed by atoms with van der Waals surface area (Å²) in [6.07, 6.45) is 42.5. The Morgan fingerprint density at radius 3 is 1.59 bits per heavy atom. The number of rotatable bonds is 39. The summed E-state index contributed by atoms with van der Waals surface area (Å²) < 4.78 is 5.86. The van der Waals surface area contributed by atoms with E-state index in [9.17, 15) is 19.8 Å². The van der Waals surface area contributed by atoms with Crippen molar-refractivity contribution in [2.45, 2.75) is 244 Å². The Hall–Kier alpha value is -1.66. The van der Waals surface area contributed by atoms with E-state index in [4.69, 9.17) is 4.74 Å². The molecule has 51 heavy (non-hydrogen) atoms. The third kappa shape index (κ3) is 35.2. The van der Waals surface area contributed by atoms with E-state index >= 15 is 0 Å². The van der Waals surface area contributed by atoms with Crippen molar-refractivity contribution in [3.05, 3.63) is 24.3 Å². The quantitative estimate of drug-likeness (QED) is 0.0334. The van der Waals surface area contributed by atoms with Crippen LogP contribution >= 0.6 is 0 Å². The van der Waals surface area contributed by atoms with Gasteiger partial charge in [0.1, 0.15) is 6.10 Å². The molecule has 3 N–H and O–H groups in total. The van der Waals surface area contributed by atoms with E-state index in [-0.39, 0.29) is 24.9 Å². The number of esters is 1. The maximum atomic E-state index is 13.0. The van der Waals surface area contributed by atoms with Gasteiger partial charge < -0.3 is 20.3 Å². The molecule has 0 saturated heterocycles. The third-order valence-corrected chi connectivity index (χ3v) is 10.0. The Labute approximate surface area is 316 Å². The molecular formula is C45H85NO5. The Kier molecular flexibility index (Phi) is 38.3. The number of unbranched alkanes of at least 4 members (excludes halogenated alkanes) is 23. The minimum absolute atomic E-state index is 0.0773. The topological polar surface area (TPSA) is 95.9 Å². The molecule has 0 aliphatic heterocycles. The zero-order valence-corrected chi connectivity index (χ0v) is 34.0. The van der Waals surface area contributed by atoms with Gasteiger partial charge in [0.2, 0.25) is 5.91 Å². The van der Waals surface area contributed by atoms with Crippen molar-refractivity contribution in [3.63, 3.8) is 0 Å². The third-order valence-electron chi connectivity index (χ3n) is 10.0. The number of carbonyl (C=O) groups is 2. The maximum Gasteiger partial charge on any atom is 0.306 e. The number of amides is 1. The molecule has 6 heteroatoms. The normalized spacial score (nSPS) is 13.6. The number of aliphatic hydroxyl groups is 2. The number of carbonyl (C=O) groups excluding carboxylic acids is 2. The lowest BCUT2D eigenvalue weighted by Gasteiger charge is -2.24. The van der Waals surface area contributed by atoms with Gasteiger partial charge in [-0.15, -0.1) is 0 Å². The van der Waals surface area contributed by atoms with Crippen molar-refractivity contribution in [2.24, 2.45) is 0 Å². The van der Waals surface area contributed by atoms with Gasteiger partial charge in [-0.3, -0.25) is 9.59 Å². The molecule has 0 heterocycles. The second-order valence-electron chi connectivity index (χ2n) is 15.1. The molecule has 0 fully saturated rings. The van der Waals surface area contributed by atoms with Crippen molar-refractivity contribution in [3.8, 4) is 0 Å². The highest BCUT2D eigenvalue weighted by Gasteiger charge is 2.24. The summed E-state index contributed by atoms with van der Waals surface area (Å²) in [6, 6.07) is -0.694. The standard InChI is InChI=1S/C45H85NO5/c1-4-7-10-13-16-18-20-21-22-24-26-29-32-35-38-45(50)51-41(36-33-30-27-15-12-9-6-3)39-44(49)46-42(40-47)43(48)37-34-31-28-25-23-19-17-14-11-8-5-2/h7,10,16,18,41-43,47-48H,4-6,8-9,11-15,17,19-40H2,1-3H3,(H,46,49)/b10-7+,18-16+. The van der Waals surface area contributed by atoms with Crippen LogP contribution in [0.5, 0.6) is 0 Å². The summed E-state index contributed by atoms with van der Waals surface area (Å²) in [4.78, 5) is 25.8. The van der Waals surface area contributed by atoms with Gasteiger partial charge in [-0.25, -0.2) is 0 Å². The van der Waals surface area contributed by atoms with Gasteiger partial charge in [0.05, 0.1) is 25.2 Å². The molecule has 0 aliphatic carbocycles. The zero-order valence-electron chi connectivity index (χ0n) is 34.0. The first-order chi connectivity index (χ1) is 25.0. The minimum Gasteiger partial charge on any atom is -0.462 e. The largest absolute Gasteiger partial charge is 0.462 e. The predicted molar refractivity (Wildman–Crippen MR) is 218 cm³/mol. The zero-order chi connectivity index (χ0) is 37.5. The molecule has 0 aromatic carbocycles. The Bertz CT molecular complexity index is 812. The smallest absolute Gasteiger partial charge is 0.306 e. The SMILES string of the molecule is CC/C=C/C/C=C/CCCCCCCCCC(=O)OC(CCCCCCCCC)CC(=O)NC(CO)C(O)CCCCCCCCCCCCC. The summed E-state index contributed by atoms with van der Waals surface area (Å²) in [6.45, 7) is 6.33. The molecule has 0 spiro atoms. The van der Waals surface area contributed by atoms with Crippen LogP contribution < -0.4 is 5.32 Å². The average molecular weight is 720 g/mol. The second-order valence-corrected chi connectivity index (χ2v) is 15.1. The lowest BCUT2D eigenvalue weighted by atomic mass is 10.0. The maximum absolute atomic E-state index is 13.0. The van der Waals surface area contributed by atoms with Crippen LogP contribution in [0, 0.1) is 0 Å². The van der Waals surface area contributed by atoms with Crippen LogP contribution in [0.3, 0.4) is 0 Å². The number of hydrogen-bond donors (Lipinski definition) is 3. The van der Waals surface area contributed by atoms with Crippen molar-refractivity contribution < 1.29 is 24.5 Å². The van der Waals surface area contributed by atoms with Crippen LogP contribution in [-0.2, 0) is 14.3 Å². The van der Waals surface area contributed by atoms with Crippen molar-refractivity contribution in [2.75, 3.05) is 6.61 Å². The Morgan fingerprint density at radius 1 is 0.588 bits per heavy atom. The van der Waals surface area contributed by atoms with Crippen LogP contribution in [0.15, 0.2) is 24.3 Å². The fraction of sp³-hybridized carbons (Fsp3) is 0.867.